The van der Waals surface area contributed by atoms with Crippen LogP contribution in [0.3, 0.4) is 0 Å². The van der Waals surface area contributed by atoms with Crippen LogP contribution >= 0.6 is 7.82 Å². The van der Waals surface area contributed by atoms with Gasteiger partial charge in [0.05, 0.1) is 26.4 Å². The van der Waals surface area contributed by atoms with E-state index in [1.165, 1.54) is 70.6 Å². The van der Waals surface area contributed by atoms with Gasteiger partial charge in [0.1, 0.15) is 12.2 Å². The Bertz CT molecular complexity index is 1220. The van der Waals surface area contributed by atoms with Gasteiger partial charge in [-0.2, -0.15) is 0 Å². The first-order valence-electron chi connectivity index (χ1n) is 24.1. The summed E-state index contributed by atoms with van der Waals surface area (Å²) in [5, 5.41) is 18.4. The van der Waals surface area contributed by atoms with Gasteiger partial charge in [-0.05, 0) is 89.9 Å². The zero-order valence-electron chi connectivity index (χ0n) is 38.6. The number of rotatable bonds is 45. The zero-order chi connectivity index (χ0) is 44.6. The van der Waals surface area contributed by atoms with Crippen LogP contribution in [0.25, 0.3) is 0 Å². The SMILES string of the molecule is CC/C=C\C/C=C\C/C=C\C/C=C\C/C=C\C/C=C\CCCCCCC(=O)OC(COCCCCCCCC/C=C\CCCCCCCCC)COP(=O)(O)OCC(O)CO. The Morgan fingerprint density at radius 3 is 1.43 bits per heavy atom. The summed E-state index contributed by atoms with van der Waals surface area (Å²) in [5.74, 6) is -0.411. The molecule has 0 aliphatic rings. The predicted octanol–water partition coefficient (Wildman–Crippen LogP) is 13.9. The lowest BCUT2D eigenvalue weighted by Gasteiger charge is -2.20. The van der Waals surface area contributed by atoms with Crippen LogP contribution in [0.15, 0.2) is 85.1 Å². The monoisotopic (exact) mass is 877 g/mol. The molecular weight excluding hydrogens is 788 g/mol. The van der Waals surface area contributed by atoms with Gasteiger partial charge in [-0.15, -0.1) is 0 Å². The highest BCUT2D eigenvalue weighted by Crippen LogP contribution is 2.43. The summed E-state index contributed by atoms with van der Waals surface area (Å²) in [6, 6.07) is 0. The van der Waals surface area contributed by atoms with E-state index in [1.54, 1.807) is 0 Å². The predicted molar refractivity (Wildman–Crippen MR) is 256 cm³/mol. The van der Waals surface area contributed by atoms with Crippen molar-refractivity contribution in [3.8, 4) is 0 Å². The van der Waals surface area contributed by atoms with E-state index < -0.39 is 45.8 Å². The van der Waals surface area contributed by atoms with E-state index in [4.69, 9.17) is 23.6 Å². The second-order valence-electron chi connectivity index (χ2n) is 15.7. The van der Waals surface area contributed by atoms with Crippen LogP contribution in [0.4, 0.5) is 0 Å². The highest BCUT2D eigenvalue weighted by atomic mass is 31.2. The van der Waals surface area contributed by atoms with E-state index in [2.05, 4.69) is 98.9 Å². The molecule has 0 saturated heterocycles. The molecular formula is C51H89O9P. The number of carbonyl (C=O) groups is 1. The third-order valence-electron chi connectivity index (χ3n) is 9.81. The number of ether oxygens (including phenoxy) is 2. The van der Waals surface area contributed by atoms with Gasteiger partial charge in [0.15, 0.2) is 0 Å². The van der Waals surface area contributed by atoms with Crippen molar-refractivity contribution in [2.24, 2.45) is 0 Å². The van der Waals surface area contributed by atoms with Gasteiger partial charge in [-0.25, -0.2) is 4.57 Å². The molecule has 3 atom stereocenters. The fraction of sp³-hybridized carbons (Fsp3) is 0.706. The number of carbonyl (C=O) groups excluding carboxylic acids is 1. The molecule has 0 heterocycles. The number of hydrogen-bond acceptors (Lipinski definition) is 8. The molecule has 0 amide bonds. The highest BCUT2D eigenvalue weighted by Gasteiger charge is 2.26. The molecule has 0 aromatic heterocycles. The molecule has 352 valence electrons. The van der Waals surface area contributed by atoms with Gasteiger partial charge in [0.25, 0.3) is 0 Å². The number of aliphatic hydroxyl groups excluding tert-OH is 2. The van der Waals surface area contributed by atoms with Crippen LogP contribution < -0.4 is 0 Å². The summed E-state index contributed by atoms with van der Waals surface area (Å²) in [6.07, 6.45) is 58.3. The van der Waals surface area contributed by atoms with Crippen molar-refractivity contribution >= 4 is 13.8 Å². The molecule has 0 bridgehead atoms. The zero-order valence-corrected chi connectivity index (χ0v) is 39.5. The van der Waals surface area contributed by atoms with Gasteiger partial charge in [-0.1, -0.05) is 176 Å². The molecule has 0 radical (unpaired) electrons. The minimum absolute atomic E-state index is 0.0299. The fourth-order valence-corrected chi connectivity index (χ4v) is 6.97. The molecule has 0 aromatic rings. The first-order chi connectivity index (χ1) is 29.8. The van der Waals surface area contributed by atoms with Crippen LogP contribution in [-0.2, 0) is 27.9 Å². The maximum atomic E-state index is 12.7. The smallest absolute Gasteiger partial charge is 0.457 e. The molecule has 61 heavy (non-hydrogen) atoms. The molecule has 0 saturated carbocycles. The average molecular weight is 877 g/mol. The molecule has 0 aliphatic heterocycles. The summed E-state index contributed by atoms with van der Waals surface area (Å²) < 4.78 is 33.4. The van der Waals surface area contributed by atoms with Gasteiger partial charge in [0, 0.05) is 13.0 Å². The second-order valence-corrected chi connectivity index (χ2v) is 17.2. The summed E-state index contributed by atoms with van der Waals surface area (Å²) in [4.78, 5) is 22.7. The lowest BCUT2D eigenvalue weighted by atomic mass is 10.1. The van der Waals surface area contributed by atoms with Crippen LogP contribution in [0.1, 0.15) is 187 Å². The minimum atomic E-state index is -4.54. The molecule has 9 nitrogen and oxygen atoms in total. The van der Waals surface area contributed by atoms with E-state index in [9.17, 15) is 19.4 Å². The number of phosphoric acid groups is 1. The molecule has 0 aliphatic carbocycles. The van der Waals surface area contributed by atoms with E-state index >= 15 is 0 Å². The first kappa shape index (κ1) is 58.6. The summed E-state index contributed by atoms with van der Waals surface area (Å²) in [5.41, 5.74) is 0. The van der Waals surface area contributed by atoms with Crippen LogP contribution in [0.5, 0.6) is 0 Å². The fourth-order valence-electron chi connectivity index (χ4n) is 6.18. The van der Waals surface area contributed by atoms with E-state index in [1.807, 2.05) is 0 Å². The van der Waals surface area contributed by atoms with Crippen molar-refractivity contribution in [1.29, 1.82) is 0 Å². The van der Waals surface area contributed by atoms with E-state index in [0.717, 1.165) is 89.9 Å². The molecule has 0 aromatic carbocycles. The third-order valence-corrected chi connectivity index (χ3v) is 10.8. The largest absolute Gasteiger partial charge is 0.472 e. The topological polar surface area (TPSA) is 132 Å². The molecule has 0 rings (SSSR count). The number of phosphoric ester groups is 1. The van der Waals surface area contributed by atoms with Crippen LogP contribution in [0, 0.1) is 0 Å². The van der Waals surface area contributed by atoms with Gasteiger partial charge in [0.2, 0.25) is 0 Å². The third kappa shape index (κ3) is 47.0. The van der Waals surface area contributed by atoms with E-state index in [0.29, 0.717) is 13.0 Å². The van der Waals surface area contributed by atoms with Crippen molar-refractivity contribution in [3.63, 3.8) is 0 Å². The lowest BCUT2D eigenvalue weighted by molar-refractivity contribution is -0.154. The van der Waals surface area contributed by atoms with Gasteiger partial charge >= 0.3 is 13.8 Å². The average Bonchev–Trinajstić information content (AvgIpc) is 3.25. The normalized spacial score (nSPS) is 14.6. The Labute approximate surface area is 373 Å². The van der Waals surface area contributed by atoms with Crippen molar-refractivity contribution < 1.29 is 43.0 Å². The van der Waals surface area contributed by atoms with Crippen LogP contribution in [-0.4, -0.2) is 66.3 Å². The maximum absolute atomic E-state index is 12.7. The lowest BCUT2D eigenvalue weighted by Crippen LogP contribution is -2.29. The molecule has 0 fully saturated rings. The van der Waals surface area contributed by atoms with Crippen molar-refractivity contribution in [2.45, 2.75) is 199 Å². The summed E-state index contributed by atoms with van der Waals surface area (Å²) in [6.45, 7) is 3.35. The molecule has 0 spiro atoms. The Morgan fingerprint density at radius 1 is 0.525 bits per heavy atom. The maximum Gasteiger partial charge on any atom is 0.472 e. The number of unbranched alkanes of at least 4 members (excludes halogenated alkanes) is 17. The Hall–Kier alpha value is -2.36. The molecule has 3 N–H and O–H groups in total. The Morgan fingerprint density at radius 2 is 0.934 bits per heavy atom. The minimum Gasteiger partial charge on any atom is -0.457 e. The van der Waals surface area contributed by atoms with Gasteiger partial charge < -0.3 is 24.6 Å². The Kier molecular flexibility index (Phi) is 45.3. The highest BCUT2D eigenvalue weighted by molar-refractivity contribution is 7.47. The standard InChI is InChI=1S/C51H89O9P/c1-3-5-7-9-11-13-15-17-19-21-22-23-24-25-26-27-29-31-33-35-37-39-41-43-51(54)60-50(48-59-61(55,56)58-46-49(53)45-52)47-57-44-42-40-38-36-34-32-30-28-20-18-16-14-12-10-8-6-4-2/h5,7,11,13,17,19-20,22-23,25-26,28-29,31,49-50,52-53H,3-4,6,8-10,12,14-16,18,21,24,27,30,32-48H2,1-2H3,(H,55,56)/b7-5-,13-11-,19-17-,23-22-,26-25-,28-20-,31-29-. The van der Waals surface area contributed by atoms with Gasteiger partial charge in [-0.3, -0.25) is 13.8 Å². The number of hydrogen-bond donors (Lipinski definition) is 3. The van der Waals surface area contributed by atoms with Crippen molar-refractivity contribution in [2.75, 3.05) is 33.0 Å². The molecule has 3 unspecified atom stereocenters. The van der Waals surface area contributed by atoms with Crippen molar-refractivity contribution in [3.05, 3.63) is 85.1 Å². The van der Waals surface area contributed by atoms with Crippen molar-refractivity contribution in [1.82, 2.24) is 0 Å². The summed E-state index contributed by atoms with van der Waals surface area (Å²) in [7, 11) is -4.54. The molecule has 10 heteroatoms. The first-order valence-corrected chi connectivity index (χ1v) is 25.6. The summed E-state index contributed by atoms with van der Waals surface area (Å²) >= 11 is 0. The number of aliphatic hydroxyl groups is 2. The number of esters is 1. The second kappa shape index (κ2) is 47.1. The van der Waals surface area contributed by atoms with Crippen LogP contribution in [0.2, 0.25) is 0 Å². The Balaban J connectivity index is 4.21. The number of allylic oxidation sites excluding steroid dienone is 14. The quantitative estimate of drug-likeness (QED) is 0.0237. The van der Waals surface area contributed by atoms with E-state index in [-0.39, 0.29) is 13.0 Å².